The second kappa shape index (κ2) is 6.95. The van der Waals surface area contributed by atoms with E-state index in [9.17, 15) is 19.8 Å². The number of hydrogen-bond donors (Lipinski definition) is 0. The van der Waals surface area contributed by atoms with Gasteiger partial charge in [0.2, 0.25) is 0 Å². The second-order valence-corrected chi connectivity index (χ2v) is 4.93. The summed E-state index contributed by atoms with van der Waals surface area (Å²) in [5.41, 5.74) is -1.82. The zero-order chi connectivity index (χ0) is 12.3. The van der Waals surface area contributed by atoms with Gasteiger partial charge in [-0.15, -0.1) is 0 Å². The molecule has 0 atom stereocenters. The quantitative estimate of drug-likeness (QED) is 0.499. The first-order valence-corrected chi connectivity index (χ1v) is 5.87. The Morgan fingerprint density at radius 1 is 1.06 bits per heavy atom. The van der Waals surface area contributed by atoms with Crippen molar-refractivity contribution in [1.29, 1.82) is 0 Å². The van der Waals surface area contributed by atoms with Gasteiger partial charge in [-0.05, 0) is 24.7 Å². The van der Waals surface area contributed by atoms with E-state index in [2.05, 4.69) is 0 Å². The van der Waals surface area contributed by atoms with Crippen molar-refractivity contribution >= 4 is 49.7 Å². The van der Waals surface area contributed by atoms with E-state index < -0.39 is 23.3 Å². The Hall–Kier alpha value is 0.200. The molecule has 0 bridgehead atoms. The molecule has 1 fully saturated rings. The number of carboxylic acids is 2. The van der Waals surface area contributed by atoms with E-state index in [0.29, 0.717) is 12.8 Å². The number of aliphatic carboxylic acids is 2. The minimum Gasteiger partial charge on any atom is -0.549 e. The smallest absolute Gasteiger partial charge is 0.549 e. The molecule has 0 amide bonds. The number of carbonyl (C=O) groups is 2. The monoisotopic (exact) mass is 266 g/mol. The van der Waals surface area contributed by atoms with Gasteiger partial charge in [0, 0.05) is 0 Å². The molecular formula is C12H18CaO4. The third kappa shape index (κ3) is 3.15. The fourth-order valence-electron chi connectivity index (χ4n) is 2.92. The number of hydrogen-bond acceptors (Lipinski definition) is 4. The summed E-state index contributed by atoms with van der Waals surface area (Å²) >= 11 is 0. The summed E-state index contributed by atoms with van der Waals surface area (Å²) in [5, 5.41) is 22.5. The maximum absolute atomic E-state index is 11.3. The molecule has 0 aliphatic heterocycles. The summed E-state index contributed by atoms with van der Waals surface area (Å²) < 4.78 is 0. The maximum atomic E-state index is 11.3. The first-order valence-electron chi connectivity index (χ1n) is 5.87. The van der Waals surface area contributed by atoms with E-state index >= 15 is 0 Å². The van der Waals surface area contributed by atoms with Crippen LogP contribution in [-0.4, -0.2) is 49.7 Å². The number of carboxylic acid groups (broad SMARTS) is 2. The van der Waals surface area contributed by atoms with E-state index in [-0.39, 0.29) is 43.7 Å². The van der Waals surface area contributed by atoms with Crippen molar-refractivity contribution in [2.45, 2.75) is 46.0 Å². The average molecular weight is 266 g/mol. The van der Waals surface area contributed by atoms with E-state index in [4.69, 9.17) is 0 Å². The van der Waals surface area contributed by atoms with Crippen molar-refractivity contribution in [2.24, 2.45) is 17.3 Å². The summed E-state index contributed by atoms with van der Waals surface area (Å²) in [6, 6.07) is 0. The predicted molar refractivity (Wildman–Crippen MR) is 59.6 cm³/mol. The first kappa shape index (κ1) is 17.2. The normalized spacial score (nSPS) is 17.6. The zero-order valence-electron chi connectivity index (χ0n) is 10.5. The molecule has 1 saturated carbocycles. The van der Waals surface area contributed by atoms with E-state index in [1.54, 1.807) is 13.8 Å². The van der Waals surface area contributed by atoms with Crippen LogP contribution in [0.3, 0.4) is 0 Å². The number of rotatable bonds is 4. The molecule has 0 unspecified atom stereocenters. The van der Waals surface area contributed by atoms with E-state index in [1.807, 2.05) is 0 Å². The van der Waals surface area contributed by atoms with Gasteiger partial charge in [0.25, 0.3) is 0 Å². The molecule has 1 rings (SSSR count). The Labute approximate surface area is 132 Å². The van der Waals surface area contributed by atoms with Crippen LogP contribution in [0.5, 0.6) is 0 Å². The van der Waals surface area contributed by atoms with Crippen molar-refractivity contribution in [3.63, 3.8) is 0 Å². The van der Waals surface area contributed by atoms with Crippen LogP contribution < -0.4 is 10.2 Å². The molecule has 17 heavy (non-hydrogen) atoms. The SMILES string of the molecule is CC(C)C(C(=O)[O-])(C(=O)[O-])C1CCCCC1.[Ca+2]. The average Bonchev–Trinajstić information content (AvgIpc) is 2.18. The molecule has 92 valence electrons. The van der Waals surface area contributed by atoms with Gasteiger partial charge in [0.1, 0.15) is 0 Å². The van der Waals surface area contributed by atoms with Gasteiger partial charge >= 0.3 is 37.7 Å². The molecule has 1 aliphatic rings. The Morgan fingerprint density at radius 2 is 1.47 bits per heavy atom. The Bertz CT molecular complexity index is 268. The van der Waals surface area contributed by atoms with Gasteiger partial charge in [-0.1, -0.05) is 33.1 Å². The molecule has 0 spiro atoms. The maximum Gasteiger partial charge on any atom is 2.00 e. The van der Waals surface area contributed by atoms with Gasteiger partial charge in [0.15, 0.2) is 0 Å². The molecule has 0 aromatic carbocycles. The van der Waals surface area contributed by atoms with Crippen molar-refractivity contribution < 1.29 is 19.8 Å². The third-order valence-electron chi connectivity index (χ3n) is 3.84. The molecule has 5 heteroatoms. The number of carbonyl (C=O) groups excluding carboxylic acids is 2. The summed E-state index contributed by atoms with van der Waals surface area (Å²) in [7, 11) is 0. The van der Waals surface area contributed by atoms with Gasteiger partial charge in [-0.25, -0.2) is 0 Å². The zero-order valence-corrected chi connectivity index (χ0v) is 12.7. The molecule has 1 aliphatic carbocycles. The fourth-order valence-corrected chi connectivity index (χ4v) is 2.92. The Balaban J connectivity index is 0.00000256. The van der Waals surface area contributed by atoms with Gasteiger partial charge in [-0.2, -0.15) is 0 Å². The van der Waals surface area contributed by atoms with Crippen molar-refractivity contribution in [3.8, 4) is 0 Å². The van der Waals surface area contributed by atoms with Gasteiger partial charge < -0.3 is 19.8 Å². The molecule has 0 N–H and O–H groups in total. The van der Waals surface area contributed by atoms with Crippen LogP contribution in [0.2, 0.25) is 0 Å². The first-order chi connectivity index (χ1) is 7.44. The van der Waals surface area contributed by atoms with Gasteiger partial charge in [-0.3, -0.25) is 0 Å². The largest absolute Gasteiger partial charge is 2.00 e. The Morgan fingerprint density at radius 3 is 1.76 bits per heavy atom. The molecule has 4 nitrogen and oxygen atoms in total. The van der Waals surface area contributed by atoms with Crippen LogP contribution in [-0.2, 0) is 9.59 Å². The fraction of sp³-hybridized carbons (Fsp3) is 0.833. The molecule has 0 aromatic rings. The van der Waals surface area contributed by atoms with Crippen LogP contribution in [0.4, 0.5) is 0 Å². The molecule has 0 radical (unpaired) electrons. The summed E-state index contributed by atoms with van der Waals surface area (Å²) in [6.07, 6.45) is 4.10. The standard InChI is InChI=1S/C12H20O4.Ca/c1-8(2)12(10(13)14,11(15)16)9-6-4-3-5-7-9;/h8-9H,3-7H2,1-2H3,(H,13,14)(H,15,16);/q;+2/p-2. The molecule has 0 aromatic heterocycles. The van der Waals surface area contributed by atoms with E-state index in [0.717, 1.165) is 19.3 Å². The van der Waals surface area contributed by atoms with Gasteiger partial charge in [0.05, 0.1) is 17.4 Å². The second-order valence-electron chi connectivity index (χ2n) is 4.93. The molecule has 0 heterocycles. The summed E-state index contributed by atoms with van der Waals surface area (Å²) in [6.45, 7) is 3.22. The predicted octanol–water partition coefficient (Wildman–Crippen LogP) is -0.672. The minimum absolute atomic E-state index is 0. The van der Waals surface area contributed by atoms with Crippen LogP contribution in [0, 0.1) is 17.3 Å². The van der Waals surface area contributed by atoms with Crippen molar-refractivity contribution in [2.75, 3.05) is 0 Å². The topological polar surface area (TPSA) is 80.3 Å². The molecular weight excluding hydrogens is 248 g/mol. The van der Waals surface area contributed by atoms with E-state index in [1.165, 1.54) is 0 Å². The summed E-state index contributed by atoms with van der Waals surface area (Å²) in [4.78, 5) is 22.5. The Kier molecular flexibility index (Phi) is 7.04. The van der Waals surface area contributed by atoms with Crippen LogP contribution >= 0.6 is 0 Å². The van der Waals surface area contributed by atoms with Crippen molar-refractivity contribution in [3.05, 3.63) is 0 Å². The van der Waals surface area contributed by atoms with Crippen LogP contribution in [0.25, 0.3) is 0 Å². The van der Waals surface area contributed by atoms with Crippen LogP contribution in [0.15, 0.2) is 0 Å². The molecule has 0 saturated heterocycles. The minimum atomic E-state index is -1.82. The van der Waals surface area contributed by atoms with Crippen LogP contribution in [0.1, 0.15) is 46.0 Å². The third-order valence-corrected chi connectivity index (χ3v) is 3.84. The summed E-state index contributed by atoms with van der Waals surface area (Å²) in [5.74, 6) is -3.84. The van der Waals surface area contributed by atoms with Crippen molar-refractivity contribution in [1.82, 2.24) is 0 Å².